The second kappa shape index (κ2) is 10.5. The predicted molar refractivity (Wildman–Crippen MR) is 159 cm³/mol. The summed E-state index contributed by atoms with van der Waals surface area (Å²) in [5.74, 6) is 0.243. The van der Waals surface area contributed by atoms with E-state index in [9.17, 15) is 14.7 Å². The monoisotopic (exact) mass is 595 g/mol. The molecule has 0 radical (unpaired) electrons. The number of fused-ring (bicyclic) bond motifs is 1. The highest BCUT2D eigenvalue weighted by molar-refractivity contribution is 6.30. The van der Waals surface area contributed by atoms with Gasteiger partial charge in [-0.2, -0.15) is 0 Å². The molecule has 1 spiro atoms. The number of esters is 1. The van der Waals surface area contributed by atoms with Crippen LogP contribution in [-0.2, 0) is 26.3 Å². The van der Waals surface area contributed by atoms with E-state index in [1.807, 2.05) is 19.2 Å². The molecule has 2 N–H and O–H groups in total. The number of carbonyl (C=O) groups is 2. The van der Waals surface area contributed by atoms with Crippen LogP contribution < -0.4 is 15.0 Å². The first-order valence-electron chi connectivity index (χ1n) is 14.5. The number of rotatable bonds is 7. The van der Waals surface area contributed by atoms with Gasteiger partial charge in [0.15, 0.2) is 0 Å². The van der Waals surface area contributed by atoms with Crippen LogP contribution in [0.15, 0.2) is 54.6 Å². The van der Waals surface area contributed by atoms with Gasteiger partial charge in [-0.25, -0.2) is 4.79 Å². The standard InChI is InChI=1S/C32H38ClN3O6/c1-5-30-13-6-15-36-16-14-31(26(30)36)24-12-11-23(40-4)17-25(24)35(3)27(31)32(39,28(30)42-20(2)37)19-34-29(38)41-18-21-7-9-22(33)10-8-21/h6-13,17,26-28,39H,5,14-16,18-19H2,1-4H3,(H,34,38)/t26-,27+,28+,30+,31+,32?/m0/s1. The summed E-state index contributed by atoms with van der Waals surface area (Å²) in [7, 11) is 3.60. The lowest BCUT2D eigenvalue weighted by molar-refractivity contribution is -0.217. The second-order valence-corrected chi connectivity index (χ2v) is 12.4. The molecule has 3 heterocycles. The smallest absolute Gasteiger partial charge is 0.407 e. The van der Waals surface area contributed by atoms with Crippen molar-refractivity contribution in [1.82, 2.24) is 10.2 Å². The summed E-state index contributed by atoms with van der Waals surface area (Å²) in [6, 6.07) is 12.6. The number of anilines is 1. The number of nitrogens with one attached hydrogen (secondary N) is 1. The molecule has 0 bridgehead atoms. The first-order valence-corrected chi connectivity index (χ1v) is 14.9. The number of carbonyl (C=O) groups excluding carboxylic acids is 2. The van der Waals surface area contributed by atoms with Crippen molar-refractivity contribution < 1.29 is 28.9 Å². The number of likely N-dealkylation sites (N-methyl/N-ethyl adjacent to an activating group) is 1. The Labute approximate surface area is 251 Å². The topological polar surface area (TPSA) is 101 Å². The Balaban J connectivity index is 1.42. The van der Waals surface area contributed by atoms with Crippen LogP contribution >= 0.6 is 11.6 Å². The van der Waals surface area contributed by atoms with Gasteiger partial charge in [0.2, 0.25) is 0 Å². The normalized spacial score (nSPS) is 32.5. The Hall–Kier alpha value is -3.27. The molecule has 3 aliphatic heterocycles. The molecule has 9 nitrogen and oxygen atoms in total. The Morgan fingerprint density at radius 2 is 1.93 bits per heavy atom. The Kier molecular flexibility index (Phi) is 7.19. The van der Waals surface area contributed by atoms with Crippen LogP contribution in [0.25, 0.3) is 0 Å². The van der Waals surface area contributed by atoms with Crippen molar-refractivity contribution in [2.24, 2.45) is 5.41 Å². The zero-order valence-corrected chi connectivity index (χ0v) is 25.2. The van der Waals surface area contributed by atoms with Crippen molar-refractivity contribution in [2.75, 3.05) is 38.7 Å². The van der Waals surface area contributed by atoms with Gasteiger partial charge < -0.3 is 29.5 Å². The molecular weight excluding hydrogens is 558 g/mol. The number of hydrogen-bond acceptors (Lipinski definition) is 8. The minimum Gasteiger partial charge on any atom is -0.497 e. The summed E-state index contributed by atoms with van der Waals surface area (Å²) in [5.41, 5.74) is 0.0412. The van der Waals surface area contributed by atoms with Crippen LogP contribution in [0.5, 0.6) is 5.75 Å². The van der Waals surface area contributed by atoms with Gasteiger partial charge in [0.25, 0.3) is 0 Å². The van der Waals surface area contributed by atoms with E-state index in [-0.39, 0.29) is 19.2 Å². The van der Waals surface area contributed by atoms with Crippen LogP contribution in [-0.4, -0.2) is 79.6 Å². The van der Waals surface area contributed by atoms with Crippen LogP contribution in [0.4, 0.5) is 10.5 Å². The van der Waals surface area contributed by atoms with E-state index in [4.69, 9.17) is 25.8 Å². The number of methoxy groups -OCH3 is 1. The van der Waals surface area contributed by atoms with Crippen molar-refractivity contribution >= 4 is 29.4 Å². The third kappa shape index (κ3) is 4.12. The highest BCUT2D eigenvalue weighted by Gasteiger charge is 2.77. The van der Waals surface area contributed by atoms with E-state index in [1.54, 1.807) is 31.4 Å². The van der Waals surface area contributed by atoms with Gasteiger partial charge in [-0.3, -0.25) is 9.69 Å². The van der Waals surface area contributed by atoms with E-state index in [0.29, 0.717) is 11.4 Å². The molecule has 10 heteroatoms. The number of benzene rings is 2. The first-order chi connectivity index (χ1) is 20.1. The summed E-state index contributed by atoms with van der Waals surface area (Å²) in [6.45, 7) is 4.96. The van der Waals surface area contributed by atoms with Crippen molar-refractivity contribution in [3.8, 4) is 5.75 Å². The second-order valence-electron chi connectivity index (χ2n) is 12.0. The summed E-state index contributed by atoms with van der Waals surface area (Å²) in [4.78, 5) is 30.3. The Bertz CT molecular complexity index is 1420. The summed E-state index contributed by atoms with van der Waals surface area (Å²) >= 11 is 5.98. The van der Waals surface area contributed by atoms with Gasteiger partial charge in [-0.15, -0.1) is 0 Å². The van der Waals surface area contributed by atoms with E-state index < -0.39 is 40.6 Å². The molecule has 6 rings (SSSR count). The Morgan fingerprint density at radius 3 is 2.62 bits per heavy atom. The predicted octanol–water partition coefficient (Wildman–Crippen LogP) is 4.05. The fourth-order valence-electron chi connectivity index (χ4n) is 8.64. The van der Waals surface area contributed by atoms with Crippen molar-refractivity contribution in [1.29, 1.82) is 0 Å². The largest absolute Gasteiger partial charge is 0.497 e. The maximum absolute atomic E-state index is 13.0. The van der Waals surface area contributed by atoms with E-state index in [1.165, 1.54) is 6.92 Å². The lowest BCUT2D eigenvalue weighted by Crippen LogP contribution is -2.81. The number of nitrogens with zero attached hydrogens (tertiary/aromatic N) is 2. The highest BCUT2D eigenvalue weighted by Crippen LogP contribution is 2.67. The van der Waals surface area contributed by atoms with Gasteiger partial charge in [0, 0.05) is 54.2 Å². The Morgan fingerprint density at radius 1 is 1.17 bits per heavy atom. The van der Waals surface area contributed by atoms with E-state index in [2.05, 4.69) is 40.3 Å². The van der Waals surface area contributed by atoms with Crippen LogP contribution in [0.2, 0.25) is 5.02 Å². The molecule has 0 aromatic heterocycles. The first kappa shape index (κ1) is 28.8. The van der Waals surface area contributed by atoms with Gasteiger partial charge >= 0.3 is 12.1 Å². The molecule has 4 aliphatic rings. The van der Waals surface area contributed by atoms with Crippen LogP contribution in [0.3, 0.4) is 0 Å². The molecule has 6 atom stereocenters. The van der Waals surface area contributed by atoms with Crippen molar-refractivity contribution in [2.45, 2.75) is 62.5 Å². The molecule has 1 unspecified atom stereocenters. The number of amides is 1. The molecule has 224 valence electrons. The molecule has 1 saturated heterocycles. The third-order valence-corrected chi connectivity index (χ3v) is 10.3. The maximum Gasteiger partial charge on any atom is 0.407 e. The van der Waals surface area contributed by atoms with Gasteiger partial charge in [0.05, 0.1) is 19.7 Å². The minimum atomic E-state index is -1.67. The quantitative estimate of drug-likeness (QED) is 0.365. The molecule has 1 saturated carbocycles. The fourth-order valence-corrected chi connectivity index (χ4v) is 8.76. The van der Waals surface area contributed by atoms with Gasteiger partial charge in [0.1, 0.15) is 24.1 Å². The number of hydrogen-bond donors (Lipinski definition) is 2. The summed E-state index contributed by atoms with van der Waals surface area (Å²) in [5, 5.41) is 16.5. The SMILES string of the molecule is CC[C@]12C=CCN3CC[C@@]4(c5ccc(OC)cc5N(C)[C@H]4C(O)(CNC(=O)OCc4ccc(Cl)cc4)[C@@H]1OC(C)=O)[C@@H]32. The molecule has 42 heavy (non-hydrogen) atoms. The lowest BCUT2D eigenvalue weighted by atomic mass is 9.47. The van der Waals surface area contributed by atoms with E-state index >= 15 is 0 Å². The molecule has 1 amide bonds. The average Bonchev–Trinajstić information content (AvgIpc) is 3.50. The van der Waals surface area contributed by atoms with Gasteiger partial charge in [-0.05, 0) is 48.7 Å². The van der Waals surface area contributed by atoms with Crippen LogP contribution in [0, 0.1) is 5.41 Å². The lowest BCUT2D eigenvalue weighted by Gasteiger charge is -2.64. The van der Waals surface area contributed by atoms with Crippen molar-refractivity contribution in [3.63, 3.8) is 0 Å². The minimum absolute atomic E-state index is 0.0245. The fraction of sp³-hybridized carbons (Fsp3) is 0.500. The molecule has 2 aromatic rings. The highest BCUT2D eigenvalue weighted by atomic mass is 35.5. The summed E-state index contributed by atoms with van der Waals surface area (Å²) in [6.07, 6.45) is 4.12. The maximum atomic E-state index is 13.0. The number of aliphatic hydroxyl groups is 1. The molecular formula is C32H38ClN3O6. The van der Waals surface area contributed by atoms with E-state index in [0.717, 1.165) is 42.1 Å². The number of halogens is 1. The zero-order valence-electron chi connectivity index (χ0n) is 24.4. The summed E-state index contributed by atoms with van der Waals surface area (Å²) < 4.78 is 17.2. The molecule has 2 aromatic carbocycles. The van der Waals surface area contributed by atoms with Crippen molar-refractivity contribution in [3.05, 3.63) is 70.8 Å². The number of alkyl carbamates (subject to hydrolysis) is 1. The third-order valence-electron chi connectivity index (χ3n) is 10.0. The molecule has 1 aliphatic carbocycles. The average molecular weight is 596 g/mol. The number of ether oxygens (including phenoxy) is 3. The zero-order chi connectivity index (χ0) is 29.9. The van der Waals surface area contributed by atoms with Crippen LogP contribution in [0.1, 0.15) is 37.8 Å². The molecule has 2 fully saturated rings. The van der Waals surface area contributed by atoms with Gasteiger partial charge in [-0.1, -0.05) is 48.9 Å².